The zero-order valence-electron chi connectivity index (χ0n) is 12.1. The molecule has 0 saturated heterocycles. The second kappa shape index (κ2) is 5.75. The molecule has 2 rings (SSSR count). The Morgan fingerprint density at radius 2 is 1.95 bits per heavy atom. The van der Waals surface area contributed by atoms with Crippen LogP contribution in [0.4, 0.5) is 4.39 Å². The number of aryl methyl sites for hydroxylation is 2. The van der Waals surface area contributed by atoms with Gasteiger partial charge in [0.25, 0.3) is 5.91 Å². The summed E-state index contributed by atoms with van der Waals surface area (Å²) in [7, 11) is 1.78. The van der Waals surface area contributed by atoms with Crippen LogP contribution in [0.2, 0.25) is 0 Å². The standard InChI is InChI=1S/C16H18FNOS/c1-10-9-13(17)6-7-14(10)16(19)18(4)12(3)15-8-5-11(2)20-15/h5-9,12H,1-4H3. The highest BCUT2D eigenvalue weighted by Gasteiger charge is 2.21. The van der Waals surface area contributed by atoms with E-state index in [-0.39, 0.29) is 17.8 Å². The maximum Gasteiger partial charge on any atom is 0.254 e. The van der Waals surface area contributed by atoms with E-state index < -0.39 is 0 Å². The van der Waals surface area contributed by atoms with E-state index in [4.69, 9.17) is 0 Å². The lowest BCUT2D eigenvalue weighted by Crippen LogP contribution is -2.29. The lowest BCUT2D eigenvalue weighted by Gasteiger charge is -2.25. The topological polar surface area (TPSA) is 20.3 Å². The number of rotatable bonds is 3. The SMILES string of the molecule is Cc1ccc(C(C)N(C)C(=O)c2ccc(F)cc2C)s1. The Morgan fingerprint density at radius 1 is 1.25 bits per heavy atom. The van der Waals surface area contributed by atoms with Gasteiger partial charge in [0.05, 0.1) is 6.04 Å². The van der Waals surface area contributed by atoms with Gasteiger partial charge in [-0.05, 0) is 56.7 Å². The number of nitrogens with zero attached hydrogens (tertiary/aromatic N) is 1. The highest BCUT2D eigenvalue weighted by atomic mass is 32.1. The van der Waals surface area contributed by atoms with Gasteiger partial charge in [-0.2, -0.15) is 0 Å². The lowest BCUT2D eigenvalue weighted by molar-refractivity contribution is 0.0744. The summed E-state index contributed by atoms with van der Waals surface area (Å²) in [6, 6.07) is 8.38. The number of amides is 1. The van der Waals surface area contributed by atoms with Crippen LogP contribution in [0.3, 0.4) is 0 Å². The van der Waals surface area contributed by atoms with Crippen molar-refractivity contribution in [2.24, 2.45) is 0 Å². The van der Waals surface area contributed by atoms with Crippen molar-refractivity contribution in [1.29, 1.82) is 0 Å². The molecule has 0 aliphatic carbocycles. The molecule has 1 atom stereocenters. The first-order valence-corrected chi connectivity index (χ1v) is 7.31. The lowest BCUT2D eigenvalue weighted by atomic mass is 10.1. The molecule has 4 heteroatoms. The average molecular weight is 291 g/mol. The molecule has 0 spiro atoms. The minimum absolute atomic E-state index is 0.00523. The Kier molecular flexibility index (Phi) is 4.23. The van der Waals surface area contributed by atoms with Crippen LogP contribution in [0.5, 0.6) is 0 Å². The molecule has 0 bridgehead atoms. The van der Waals surface area contributed by atoms with Crippen molar-refractivity contribution in [3.8, 4) is 0 Å². The molecule has 1 aromatic carbocycles. The number of benzene rings is 1. The van der Waals surface area contributed by atoms with Gasteiger partial charge in [-0.1, -0.05) is 0 Å². The summed E-state index contributed by atoms with van der Waals surface area (Å²) >= 11 is 1.69. The van der Waals surface area contributed by atoms with Crippen molar-refractivity contribution in [2.75, 3.05) is 7.05 Å². The highest BCUT2D eigenvalue weighted by Crippen LogP contribution is 2.27. The molecule has 0 saturated carbocycles. The largest absolute Gasteiger partial charge is 0.334 e. The van der Waals surface area contributed by atoms with Crippen LogP contribution in [0.25, 0.3) is 0 Å². The zero-order chi connectivity index (χ0) is 14.9. The van der Waals surface area contributed by atoms with Gasteiger partial charge in [0.15, 0.2) is 0 Å². The summed E-state index contributed by atoms with van der Waals surface area (Å²) in [6.45, 7) is 5.80. The Hall–Kier alpha value is -1.68. The monoisotopic (exact) mass is 291 g/mol. The molecule has 0 aliphatic heterocycles. The summed E-state index contributed by atoms with van der Waals surface area (Å²) < 4.78 is 13.1. The third-order valence-electron chi connectivity index (χ3n) is 3.49. The number of hydrogen-bond acceptors (Lipinski definition) is 2. The van der Waals surface area contributed by atoms with Crippen molar-refractivity contribution in [3.63, 3.8) is 0 Å². The minimum atomic E-state index is -0.316. The van der Waals surface area contributed by atoms with E-state index in [1.165, 1.54) is 17.0 Å². The molecule has 0 N–H and O–H groups in total. The van der Waals surface area contributed by atoms with Gasteiger partial charge in [0.2, 0.25) is 0 Å². The Labute approximate surface area is 122 Å². The number of thiophene rings is 1. The van der Waals surface area contributed by atoms with Gasteiger partial charge < -0.3 is 4.90 Å². The molecular formula is C16H18FNOS. The van der Waals surface area contributed by atoms with Crippen LogP contribution in [0.1, 0.15) is 38.6 Å². The normalized spacial score (nSPS) is 12.2. The van der Waals surface area contributed by atoms with Crippen molar-refractivity contribution in [2.45, 2.75) is 26.8 Å². The third kappa shape index (κ3) is 2.90. The summed E-state index contributed by atoms with van der Waals surface area (Å²) in [5.41, 5.74) is 1.21. The number of hydrogen-bond donors (Lipinski definition) is 0. The van der Waals surface area contributed by atoms with Crippen LogP contribution in [-0.4, -0.2) is 17.9 Å². The van der Waals surface area contributed by atoms with Crippen molar-refractivity contribution < 1.29 is 9.18 Å². The zero-order valence-corrected chi connectivity index (χ0v) is 12.9. The predicted octanol–water partition coefficient (Wildman–Crippen LogP) is 4.34. The first-order chi connectivity index (χ1) is 9.40. The Balaban J connectivity index is 2.24. The summed E-state index contributed by atoms with van der Waals surface area (Å²) in [5.74, 6) is -0.398. The van der Waals surface area contributed by atoms with Crippen molar-refractivity contribution in [3.05, 3.63) is 57.0 Å². The van der Waals surface area contributed by atoms with E-state index in [0.717, 1.165) is 4.88 Å². The van der Waals surface area contributed by atoms with E-state index in [1.54, 1.807) is 36.3 Å². The van der Waals surface area contributed by atoms with Crippen LogP contribution in [-0.2, 0) is 0 Å². The second-order valence-electron chi connectivity index (χ2n) is 5.00. The van der Waals surface area contributed by atoms with E-state index in [2.05, 4.69) is 6.07 Å². The first-order valence-electron chi connectivity index (χ1n) is 6.50. The molecule has 0 fully saturated rings. The Bertz CT molecular complexity index is 635. The summed E-state index contributed by atoms with van der Waals surface area (Å²) in [5, 5.41) is 0. The van der Waals surface area contributed by atoms with E-state index in [9.17, 15) is 9.18 Å². The molecule has 1 amide bonds. The van der Waals surface area contributed by atoms with Crippen molar-refractivity contribution >= 4 is 17.2 Å². The van der Waals surface area contributed by atoms with E-state index >= 15 is 0 Å². The second-order valence-corrected chi connectivity index (χ2v) is 6.32. The third-order valence-corrected chi connectivity index (χ3v) is 4.66. The minimum Gasteiger partial charge on any atom is -0.334 e. The number of carbonyl (C=O) groups is 1. The van der Waals surface area contributed by atoms with Crippen molar-refractivity contribution in [1.82, 2.24) is 4.90 Å². The highest BCUT2D eigenvalue weighted by molar-refractivity contribution is 7.12. The molecule has 2 nitrogen and oxygen atoms in total. The van der Waals surface area contributed by atoms with Gasteiger partial charge in [0, 0.05) is 22.4 Å². The van der Waals surface area contributed by atoms with Crippen LogP contribution in [0.15, 0.2) is 30.3 Å². The maximum absolute atomic E-state index is 13.1. The fourth-order valence-corrected chi connectivity index (χ4v) is 3.07. The Morgan fingerprint density at radius 3 is 2.50 bits per heavy atom. The van der Waals surface area contributed by atoms with Gasteiger partial charge in [0.1, 0.15) is 5.82 Å². The summed E-state index contributed by atoms with van der Waals surface area (Å²) in [4.78, 5) is 16.6. The number of carbonyl (C=O) groups excluding carboxylic acids is 1. The smallest absolute Gasteiger partial charge is 0.254 e. The predicted molar refractivity (Wildman–Crippen MR) is 80.7 cm³/mol. The molecule has 0 radical (unpaired) electrons. The maximum atomic E-state index is 13.1. The molecule has 1 aromatic heterocycles. The molecule has 1 unspecified atom stereocenters. The molecule has 1 heterocycles. The molecule has 20 heavy (non-hydrogen) atoms. The van der Waals surface area contributed by atoms with Gasteiger partial charge in [-0.3, -0.25) is 4.79 Å². The van der Waals surface area contributed by atoms with Gasteiger partial charge in [-0.25, -0.2) is 4.39 Å². The van der Waals surface area contributed by atoms with Crippen LogP contribution in [0, 0.1) is 19.7 Å². The van der Waals surface area contributed by atoms with E-state index in [1.807, 2.05) is 19.9 Å². The molecular weight excluding hydrogens is 273 g/mol. The number of halogens is 1. The quantitative estimate of drug-likeness (QED) is 0.824. The van der Waals surface area contributed by atoms with Crippen LogP contribution >= 0.6 is 11.3 Å². The first kappa shape index (κ1) is 14.7. The molecule has 0 aliphatic rings. The molecule has 106 valence electrons. The van der Waals surface area contributed by atoms with Gasteiger partial charge in [-0.15, -0.1) is 11.3 Å². The summed E-state index contributed by atoms with van der Waals surface area (Å²) in [6.07, 6.45) is 0. The fraction of sp³-hybridized carbons (Fsp3) is 0.312. The average Bonchev–Trinajstić information content (AvgIpc) is 2.83. The van der Waals surface area contributed by atoms with Gasteiger partial charge >= 0.3 is 0 Å². The molecule has 2 aromatic rings. The van der Waals surface area contributed by atoms with Crippen LogP contribution < -0.4 is 0 Å². The fourth-order valence-electron chi connectivity index (χ4n) is 2.10. The van der Waals surface area contributed by atoms with E-state index in [0.29, 0.717) is 11.1 Å².